The number of rotatable bonds is 9. The van der Waals surface area contributed by atoms with E-state index in [9.17, 15) is 19.1 Å². The molecule has 0 radical (unpaired) electrons. The van der Waals surface area contributed by atoms with Crippen molar-refractivity contribution in [1.29, 1.82) is 0 Å². The van der Waals surface area contributed by atoms with Gasteiger partial charge in [0.15, 0.2) is 0 Å². The monoisotopic (exact) mass is 613 g/mol. The van der Waals surface area contributed by atoms with E-state index in [2.05, 4.69) is 16.0 Å². The molecule has 0 spiro atoms. The lowest BCUT2D eigenvalue weighted by Crippen LogP contribution is -2.20. The molecule has 10 heteroatoms. The van der Waals surface area contributed by atoms with Gasteiger partial charge in [0.25, 0.3) is 5.91 Å². The summed E-state index contributed by atoms with van der Waals surface area (Å²) in [6.07, 6.45) is 1.45. The molecule has 2 aliphatic heterocycles. The Morgan fingerprint density at radius 3 is 2.02 bits per heavy atom. The van der Waals surface area contributed by atoms with E-state index >= 15 is 4.39 Å². The molecular formula is C35H33F2N3O5. The average Bonchev–Trinajstić information content (AvgIpc) is 3.74. The molecule has 1 amide bonds. The quantitative estimate of drug-likeness (QED) is 0.182. The first kappa shape index (κ1) is 30.2. The fraction of sp³-hybridized carbons (Fsp3) is 0.257. The number of hydrogen-bond acceptors (Lipinski definition) is 6. The number of carboxylic acid groups (broad SMARTS) is 1. The second-order valence-corrected chi connectivity index (χ2v) is 11.3. The summed E-state index contributed by atoms with van der Waals surface area (Å²) in [5.74, 6) is -1.60. The van der Waals surface area contributed by atoms with Crippen molar-refractivity contribution in [2.45, 2.75) is 32.0 Å². The minimum atomic E-state index is -1.19. The molecule has 8 nitrogen and oxygen atoms in total. The fourth-order valence-corrected chi connectivity index (χ4v) is 5.62. The third-order valence-corrected chi connectivity index (χ3v) is 8.07. The van der Waals surface area contributed by atoms with E-state index in [-0.39, 0.29) is 29.2 Å². The number of carbonyl (C=O) groups is 2. The molecular weight excluding hydrogens is 580 g/mol. The zero-order valence-corrected chi connectivity index (χ0v) is 24.7. The van der Waals surface area contributed by atoms with Crippen LogP contribution in [0.5, 0.6) is 11.5 Å². The van der Waals surface area contributed by atoms with Crippen LogP contribution in [-0.2, 0) is 0 Å². The predicted molar refractivity (Wildman–Crippen MR) is 167 cm³/mol. The van der Waals surface area contributed by atoms with E-state index < -0.39 is 17.7 Å². The third kappa shape index (κ3) is 6.82. The largest absolute Gasteiger partial charge is 0.488 e. The van der Waals surface area contributed by atoms with Gasteiger partial charge in [0.1, 0.15) is 35.3 Å². The van der Waals surface area contributed by atoms with Crippen LogP contribution in [0, 0.1) is 18.6 Å². The van der Waals surface area contributed by atoms with Crippen LogP contribution < -0.4 is 25.4 Å². The Bertz CT molecular complexity index is 1750. The summed E-state index contributed by atoms with van der Waals surface area (Å²) in [5, 5.41) is 18.9. The maximum absolute atomic E-state index is 15.1. The maximum Gasteiger partial charge on any atom is 0.335 e. The number of nitrogens with one attached hydrogen (secondary N) is 3. The van der Waals surface area contributed by atoms with Gasteiger partial charge in [-0.3, -0.25) is 4.79 Å². The van der Waals surface area contributed by atoms with Crippen LogP contribution >= 0.6 is 0 Å². The summed E-state index contributed by atoms with van der Waals surface area (Å²) >= 11 is 0. The van der Waals surface area contributed by atoms with Gasteiger partial charge in [-0.25, -0.2) is 13.6 Å². The van der Waals surface area contributed by atoms with Crippen molar-refractivity contribution < 1.29 is 33.0 Å². The Kier molecular flexibility index (Phi) is 8.77. The van der Waals surface area contributed by atoms with Crippen LogP contribution in [0.1, 0.15) is 39.1 Å². The summed E-state index contributed by atoms with van der Waals surface area (Å²) in [6, 6.07) is 18.3. The number of amides is 1. The molecule has 4 aromatic rings. The van der Waals surface area contributed by atoms with Crippen LogP contribution in [0.15, 0.2) is 72.8 Å². The van der Waals surface area contributed by atoms with Gasteiger partial charge < -0.3 is 30.5 Å². The van der Waals surface area contributed by atoms with E-state index in [0.29, 0.717) is 58.1 Å². The van der Waals surface area contributed by atoms with Crippen LogP contribution in [0.2, 0.25) is 0 Å². The van der Waals surface area contributed by atoms with Crippen LogP contribution in [0.3, 0.4) is 0 Å². The molecule has 232 valence electrons. The van der Waals surface area contributed by atoms with Gasteiger partial charge in [-0.1, -0.05) is 6.07 Å². The van der Waals surface area contributed by atoms with Gasteiger partial charge in [-0.05, 0) is 111 Å². The minimum Gasteiger partial charge on any atom is -0.488 e. The molecule has 0 bridgehead atoms. The first-order valence-corrected chi connectivity index (χ1v) is 14.9. The lowest BCUT2D eigenvalue weighted by molar-refractivity contribution is 0.0696. The molecule has 2 fully saturated rings. The summed E-state index contributed by atoms with van der Waals surface area (Å²) in [5.41, 5.74) is 2.82. The normalized spacial score (nSPS) is 17.7. The van der Waals surface area contributed by atoms with Gasteiger partial charge >= 0.3 is 5.97 Å². The average molecular weight is 614 g/mol. The Morgan fingerprint density at radius 2 is 1.38 bits per heavy atom. The molecule has 45 heavy (non-hydrogen) atoms. The molecule has 0 unspecified atom stereocenters. The number of anilines is 1. The van der Waals surface area contributed by atoms with E-state index in [0.717, 1.165) is 32.0 Å². The second-order valence-electron chi connectivity index (χ2n) is 11.3. The Hall–Kier alpha value is -4.80. The summed E-state index contributed by atoms with van der Waals surface area (Å²) in [7, 11) is 0. The highest BCUT2D eigenvalue weighted by Crippen LogP contribution is 2.37. The first-order chi connectivity index (χ1) is 21.7. The van der Waals surface area contributed by atoms with Crippen LogP contribution in [0.4, 0.5) is 14.5 Å². The fourth-order valence-electron chi connectivity index (χ4n) is 5.62. The van der Waals surface area contributed by atoms with Gasteiger partial charge in [-0.2, -0.15) is 0 Å². The van der Waals surface area contributed by atoms with Crippen LogP contribution in [0.25, 0.3) is 22.3 Å². The SMILES string of the molecule is Cc1cc(-c2cc(C(=O)Nc3ccc(O[C@H]4CCNC4)c(-c4cc(C(=O)O)ccc4F)c3)ccc2O[C@H]2CCNC2)ccc1F. The predicted octanol–water partition coefficient (Wildman–Crippen LogP) is 6.04. The summed E-state index contributed by atoms with van der Waals surface area (Å²) < 4.78 is 41.7. The molecule has 0 aliphatic carbocycles. The molecule has 0 saturated carbocycles. The molecule has 2 saturated heterocycles. The first-order valence-electron chi connectivity index (χ1n) is 14.9. The van der Waals surface area contributed by atoms with E-state index in [1.807, 2.05) is 0 Å². The van der Waals surface area contributed by atoms with Gasteiger partial charge in [-0.15, -0.1) is 0 Å². The standard InChI is InChI=1S/C35H33F2N3O5/c1-20-14-21(2-6-30(20)36)27-15-22(4-8-32(27)44-25-10-12-38-18-25)34(41)40-24-5-9-33(45-26-11-13-39-19-26)29(17-24)28-16-23(35(42)43)3-7-31(28)37/h2-9,14-17,25-26,38-39H,10-13,18-19H2,1H3,(H,40,41)(H,42,43)/t25-,26-/m0/s1. The molecule has 2 atom stereocenters. The molecule has 4 aromatic carbocycles. The van der Waals surface area contributed by atoms with Crippen molar-refractivity contribution in [3.8, 4) is 33.8 Å². The van der Waals surface area contributed by atoms with Crippen molar-refractivity contribution in [2.24, 2.45) is 0 Å². The zero-order valence-electron chi connectivity index (χ0n) is 24.7. The third-order valence-electron chi connectivity index (χ3n) is 8.07. The van der Waals surface area contributed by atoms with Gasteiger partial charge in [0, 0.05) is 41.0 Å². The molecule has 2 aliphatic rings. The highest BCUT2D eigenvalue weighted by Gasteiger charge is 2.23. The number of aromatic carboxylic acids is 1. The molecule has 2 heterocycles. The van der Waals surface area contributed by atoms with E-state index in [1.54, 1.807) is 55.5 Å². The minimum absolute atomic E-state index is 0.0239. The number of carboxylic acids is 1. The van der Waals surface area contributed by atoms with Crippen molar-refractivity contribution in [3.63, 3.8) is 0 Å². The maximum atomic E-state index is 15.1. The molecule has 4 N–H and O–H groups in total. The Morgan fingerprint density at radius 1 is 0.756 bits per heavy atom. The number of aryl methyl sites for hydroxylation is 1. The van der Waals surface area contributed by atoms with Crippen molar-refractivity contribution in [2.75, 3.05) is 31.5 Å². The lowest BCUT2D eigenvalue weighted by Gasteiger charge is -2.19. The topological polar surface area (TPSA) is 109 Å². The van der Waals surface area contributed by atoms with Crippen molar-refractivity contribution in [3.05, 3.63) is 101 Å². The highest BCUT2D eigenvalue weighted by atomic mass is 19.1. The highest BCUT2D eigenvalue weighted by molar-refractivity contribution is 6.05. The Labute approximate surface area is 259 Å². The van der Waals surface area contributed by atoms with Gasteiger partial charge in [0.05, 0.1) is 5.56 Å². The van der Waals surface area contributed by atoms with Crippen molar-refractivity contribution in [1.82, 2.24) is 10.6 Å². The molecule has 0 aromatic heterocycles. The smallest absolute Gasteiger partial charge is 0.335 e. The summed E-state index contributed by atoms with van der Waals surface area (Å²) in [4.78, 5) is 25.2. The van der Waals surface area contributed by atoms with Gasteiger partial charge in [0.2, 0.25) is 0 Å². The number of benzene rings is 4. The number of halogens is 2. The van der Waals surface area contributed by atoms with E-state index in [1.165, 1.54) is 18.2 Å². The van der Waals surface area contributed by atoms with E-state index in [4.69, 9.17) is 9.47 Å². The number of ether oxygens (including phenoxy) is 2. The zero-order chi connectivity index (χ0) is 31.5. The van der Waals surface area contributed by atoms with Crippen LogP contribution in [-0.4, -0.2) is 55.4 Å². The second kappa shape index (κ2) is 13.1. The Balaban J connectivity index is 1.33. The summed E-state index contributed by atoms with van der Waals surface area (Å²) in [6.45, 7) is 4.66. The molecule has 6 rings (SSSR count). The number of carbonyl (C=O) groups excluding carboxylic acids is 1. The van der Waals surface area contributed by atoms with Crippen molar-refractivity contribution >= 4 is 17.6 Å². The lowest BCUT2D eigenvalue weighted by atomic mass is 9.99. The number of hydrogen-bond donors (Lipinski definition) is 4.